The van der Waals surface area contributed by atoms with Gasteiger partial charge in [-0.2, -0.15) is 0 Å². The Kier molecular flexibility index (Phi) is 4.39. The van der Waals surface area contributed by atoms with E-state index in [1.807, 2.05) is 0 Å². The van der Waals surface area contributed by atoms with Gasteiger partial charge in [0.25, 0.3) is 5.56 Å². The van der Waals surface area contributed by atoms with E-state index in [9.17, 15) is 4.79 Å². The molecular weight excluding hydrogens is 226 g/mol. The number of aromatic nitrogens is 2. The van der Waals surface area contributed by atoms with E-state index < -0.39 is 0 Å². The van der Waals surface area contributed by atoms with Gasteiger partial charge in [0.05, 0.1) is 0 Å². The Bertz CT molecular complexity index is 433. The topological polar surface area (TPSA) is 49.0 Å². The summed E-state index contributed by atoms with van der Waals surface area (Å²) in [7, 11) is 0. The molecule has 4 nitrogen and oxygen atoms in total. The first-order valence-corrected chi connectivity index (χ1v) is 7.00. The SMILES string of the molecule is CC(C)CCc1cc(=O)[nH]c(N2CCCCC2)n1. The summed E-state index contributed by atoms with van der Waals surface area (Å²) in [6.07, 6.45) is 5.64. The number of hydrogen-bond donors (Lipinski definition) is 1. The van der Waals surface area contributed by atoms with E-state index in [-0.39, 0.29) is 5.56 Å². The van der Waals surface area contributed by atoms with Gasteiger partial charge in [0.15, 0.2) is 0 Å². The van der Waals surface area contributed by atoms with Crippen LogP contribution in [-0.4, -0.2) is 23.1 Å². The maximum atomic E-state index is 11.7. The van der Waals surface area contributed by atoms with Crippen LogP contribution in [-0.2, 0) is 6.42 Å². The molecule has 0 aliphatic carbocycles. The summed E-state index contributed by atoms with van der Waals surface area (Å²) in [4.78, 5) is 21.3. The van der Waals surface area contributed by atoms with Gasteiger partial charge in [-0.05, 0) is 38.0 Å². The third-order valence-corrected chi connectivity index (χ3v) is 3.42. The highest BCUT2D eigenvalue weighted by Gasteiger charge is 2.13. The molecule has 1 aromatic heterocycles. The quantitative estimate of drug-likeness (QED) is 0.891. The normalized spacial score (nSPS) is 16.3. The largest absolute Gasteiger partial charge is 0.342 e. The van der Waals surface area contributed by atoms with Crippen molar-refractivity contribution in [3.05, 3.63) is 22.1 Å². The molecule has 0 spiro atoms. The molecule has 1 saturated heterocycles. The van der Waals surface area contributed by atoms with Crippen molar-refractivity contribution in [1.82, 2.24) is 9.97 Å². The minimum absolute atomic E-state index is 0.0238. The zero-order valence-electron chi connectivity index (χ0n) is 11.4. The van der Waals surface area contributed by atoms with Gasteiger partial charge in [-0.25, -0.2) is 4.98 Å². The molecule has 0 unspecified atom stereocenters. The lowest BCUT2D eigenvalue weighted by Crippen LogP contribution is -2.32. The number of aromatic amines is 1. The van der Waals surface area contributed by atoms with Crippen molar-refractivity contribution < 1.29 is 0 Å². The van der Waals surface area contributed by atoms with Crippen LogP contribution in [0.25, 0.3) is 0 Å². The highest BCUT2D eigenvalue weighted by Crippen LogP contribution is 2.15. The van der Waals surface area contributed by atoms with Crippen molar-refractivity contribution in [2.75, 3.05) is 18.0 Å². The van der Waals surface area contributed by atoms with Gasteiger partial charge in [0, 0.05) is 24.8 Å². The predicted molar refractivity (Wildman–Crippen MR) is 74.1 cm³/mol. The molecule has 1 aliphatic rings. The monoisotopic (exact) mass is 249 g/mol. The molecule has 2 rings (SSSR count). The summed E-state index contributed by atoms with van der Waals surface area (Å²) in [5.41, 5.74) is 0.900. The van der Waals surface area contributed by atoms with Crippen LogP contribution in [0.3, 0.4) is 0 Å². The van der Waals surface area contributed by atoms with Gasteiger partial charge < -0.3 is 4.90 Å². The van der Waals surface area contributed by atoms with Crippen molar-refractivity contribution in [2.24, 2.45) is 5.92 Å². The molecule has 1 aromatic rings. The van der Waals surface area contributed by atoms with Crippen LogP contribution >= 0.6 is 0 Å². The van der Waals surface area contributed by atoms with Crippen molar-refractivity contribution >= 4 is 5.95 Å². The lowest BCUT2D eigenvalue weighted by molar-refractivity contribution is 0.561. The first-order chi connectivity index (χ1) is 8.65. The molecule has 100 valence electrons. The summed E-state index contributed by atoms with van der Waals surface area (Å²) in [6.45, 7) is 6.41. The smallest absolute Gasteiger partial charge is 0.252 e. The number of nitrogens with zero attached hydrogens (tertiary/aromatic N) is 2. The van der Waals surface area contributed by atoms with Gasteiger partial charge in [-0.15, -0.1) is 0 Å². The number of piperidine rings is 1. The fraction of sp³-hybridized carbons (Fsp3) is 0.714. The molecule has 4 heteroatoms. The zero-order chi connectivity index (χ0) is 13.0. The highest BCUT2D eigenvalue weighted by molar-refractivity contribution is 5.30. The zero-order valence-corrected chi connectivity index (χ0v) is 11.4. The Morgan fingerprint density at radius 2 is 2.06 bits per heavy atom. The lowest BCUT2D eigenvalue weighted by atomic mass is 10.1. The van der Waals surface area contributed by atoms with E-state index in [4.69, 9.17) is 0 Å². The first-order valence-electron chi connectivity index (χ1n) is 7.00. The van der Waals surface area contributed by atoms with E-state index in [1.54, 1.807) is 6.07 Å². The molecule has 0 amide bonds. The van der Waals surface area contributed by atoms with Gasteiger partial charge >= 0.3 is 0 Å². The van der Waals surface area contributed by atoms with Crippen molar-refractivity contribution in [2.45, 2.75) is 46.0 Å². The van der Waals surface area contributed by atoms with Crippen LogP contribution in [0.5, 0.6) is 0 Å². The summed E-state index contributed by atoms with van der Waals surface area (Å²) in [5, 5.41) is 0. The van der Waals surface area contributed by atoms with Crippen molar-refractivity contribution in [3.8, 4) is 0 Å². The average molecular weight is 249 g/mol. The standard InChI is InChI=1S/C14H23N3O/c1-11(2)6-7-12-10-13(18)16-14(15-12)17-8-4-3-5-9-17/h10-11H,3-9H2,1-2H3,(H,15,16,18). The summed E-state index contributed by atoms with van der Waals surface area (Å²) in [5.74, 6) is 1.41. The number of aryl methyl sites for hydroxylation is 1. The molecule has 1 fully saturated rings. The lowest BCUT2D eigenvalue weighted by Gasteiger charge is -2.27. The number of anilines is 1. The van der Waals surface area contributed by atoms with Crippen LogP contribution in [0.4, 0.5) is 5.95 Å². The van der Waals surface area contributed by atoms with Crippen molar-refractivity contribution in [1.29, 1.82) is 0 Å². The molecule has 0 aromatic carbocycles. The van der Waals surface area contributed by atoms with Gasteiger partial charge in [0.2, 0.25) is 5.95 Å². The second-order valence-corrected chi connectivity index (χ2v) is 5.54. The van der Waals surface area contributed by atoms with Gasteiger partial charge in [-0.1, -0.05) is 13.8 Å². The second-order valence-electron chi connectivity index (χ2n) is 5.54. The van der Waals surface area contributed by atoms with Crippen LogP contribution in [0.15, 0.2) is 10.9 Å². The van der Waals surface area contributed by atoms with E-state index in [2.05, 4.69) is 28.7 Å². The minimum atomic E-state index is -0.0238. The van der Waals surface area contributed by atoms with Gasteiger partial charge in [-0.3, -0.25) is 9.78 Å². The van der Waals surface area contributed by atoms with Crippen molar-refractivity contribution in [3.63, 3.8) is 0 Å². The fourth-order valence-electron chi connectivity index (χ4n) is 2.31. The third kappa shape index (κ3) is 3.59. The fourth-order valence-corrected chi connectivity index (χ4v) is 2.31. The Labute approximate surface area is 108 Å². The van der Waals surface area contributed by atoms with Crippen LogP contribution < -0.4 is 10.5 Å². The molecule has 2 heterocycles. The first kappa shape index (κ1) is 13.1. The molecule has 0 atom stereocenters. The van der Waals surface area contributed by atoms with Crippen LogP contribution in [0.2, 0.25) is 0 Å². The molecule has 0 bridgehead atoms. The van der Waals surface area contributed by atoms with Crippen LogP contribution in [0, 0.1) is 5.92 Å². The number of H-pyrrole nitrogens is 1. The van der Waals surface area contributed by atoms with E-state index in [0.29, 0.717) is 5.92 Å². The second kappa shape index (κ2) is 6.03. The average Bonchev–Trinajstić information content (AvgIpc) is 2.37. The van der Waals surface area contributed by atoms with E-state index in [1.165, 1.54) is 19.3 Å². The Morgan fingerprint density at radius 3 is 2.72 bits per heavy atom. The maximum absolute atomic E-state index is 11.7. The summed E-state index contributed by atoms with van der Waals surface area (Å²) < 4.78 is 0. The molecule has 18 heavy (non-hydrogen) atoms. The third-order valence-electron chi connectivity index (χ3n) is 3.42. The van der Waals surface area contributed by atoms with E-state index in [0.717, 1.165) is 37.6 Å². The summed E-state index contributed by atoms with van der Waals surface area (Å²) >= 11 is 0. The minimum Gasteiger partial charge on any atom is -0.342 e. The Balaban J connectivity index is 2.12. The molecule has 0 radical (unpaired) electrons. The highest BCUT2D eigenvalue weighted by atomic mass is 16.1. The molecule has 1 N–H and O–H groups in total. The van der Waals surface area contributed by atoms with E-state index >= 15 is 0 Å². The number of hydrogen-bond acceptors (Lipinski definition) is 3. The molecule has 1 aliphatic heterocycles. The number of nitrogens with one attached hydrogen (secondary N) is 1. The Hall–Kier alpha value is -1.32. The summed E-state index contributed by atoms with van der Waals surface area (Å²) in [6, 6.07) is 1.63. The maximum Gasteiger partial charge on any atom is 0.252 e. The predicted octanol–water partition coefficient (Wildman–Crippen LogP) is 2.35. The van der Waals surface area contributed by atoms with Crippen LogP contribution in [0.1, 0.15) is 45.2 Å². The Morgan fingerprint density at radius 1 is 1.33 bits per heavy atom. The van der Waals surface area contributed by atoms with Gasteiger partial charge in [0.1, 0.15) is 0 Å². The molecule has 0 saturated carbocycles. The number of rotatable bonds is 4. The molecular formula is C14H23N3O.